The molecule has 4 aliphatic rings. The number of allylic oxidation sites excluding steroid dienone is 4. The number of aromatic nitrogens is 1. The molecule has 0 unspecified atom stereocenters. The lowest BCUT2D eigenvalue weighted by Crippen LogP contribution is -2.32. The fourth-order valence-corrected chi connectivity index (χ4v) is 6.18. The number of aryl methyl sites for hydroxylation is 1. The molecule has 0 aromatic carbocycles. The van der Waals surface area contributed by atoms with Gasteiger partial charge in [0, 0.05) is 28.3 Å². The zero-order valence-corrected chi connectivity index (χ0v) is 19.0. The Bertz CT molecular complexity index is 985. The van der Waals surface area contributed by atoms with E-state index < -0.39 is 0 Å². The number of hydrogen-bond acceptors (Lipinski definition) is 3. The summed E-state index contributed by atoms with van der Waals surface area (Å²) in [5.41, 5.74) is 7.83. The number of rotatable bonds is 3. The van der Waals surface area contributed by atoms with Gasteiger partial charge in [-0.25, -0.2) is 0 Å². The lowest BCUT2D eigenvalue weighted by molar-refractivity contribution is -0.122. The van der Waals surface area contributed by atoms with Crippen LogP contribution in [0.15, 0.2) is 41.2 Å². The van der Waals surface area contributed by atoms with Crippen LogP contribution in [-0.2, 0) is 16.0 Å². The first kappa shape index (κ1) is 20.2. The molecule has 5 heteroatoms. The first-order chi connectivity index (χ1) is 14.4. The molecule has 1 atom stereocenters. The molecule has 0 bridgehead atoms. The fourth-order valence-electron chi connectivity index (χ4n) is 5.76. The van der Waals surface area contributed by atoms with E-state index in [0.29, 0.717) is 0 Å². The highest BCUT2D eigenvalue weighted by Crippen LogP contribution is 2.65. The summed E-state index contributed by atoms with van der Waals surface area (Å²) in [7, 11) is 2.22. The van der Waals surface area contributed by atoms with E-state index in [0.717, 1.165) is 63.5 Å². The third-order valence-electron chi connectivity index (χ3n) is 7.99. The van der Waals surface area contributed by atoms with E-state index in [9.17, 15) is 4.79 Å². The number of fused-ring (bicyclic) bond motifs is 1. The minimum atomic E-state index is -0.110. The lowest BCUT2D eigenvalue weighted by Gasteiger charge is -2.39. The standard InChI is InChI=1S/C25H31BN2OS/c1-16-4-2-3-5-21(16)28-23(29)20-15-24(20)9-11-25(30,12-10-24)19-8-13-27-22-7-6-17(26)14-18(19)22/h3,5,8,13-14,20,30H,2,4,6-7,9-12,15,26H2,1H3,(H,28,29)/t20-,24-,25-/m1/s1. The highest BCUT2D eigenvalue weighted by molar-refractivity contribution is 7.81. The van der Waals surface area contributed by atoms with Gasteiger partial charge in [-0.15, -0.1) is 5.47 Å². The number of amides is 1. The highest BCUT2D eigenvalue weighted by Gasteiger charge is 2.60. The molecule has 5 rings (SSSR count). The van der Waals surface area contributed by atoms with Crippen LogP contribution in [0.2, 0.25) is 0 Å². The first-order valence-corrected chi connectivity index (χ1v) is 11.9. The zero-order valence-electron chi connectivity index (χ0n) is 18.1. The molecule has 2 fully saturated rings. The van der Waals surface area contributed by atoms with E-state index >= 15 is 0 Å². The van der Waals surface area contributed by atoms with E-state index in [-0.39, 0.29) is 22.0 Å². The third kappa shape index (κ3) is 3.49. The van der Waals surface area contributed by atoms with Gasteiger partial charge >= 0.3 is 0 Å². The number of hydrogen-bond donors (Lipinski definition) is 2. The van der Waals surface area contributed by atoms with Crippen LogP contribution in [0.25, 0.3) is 6.08 Å². The van der Waals surface area contributed by atoms with Crippen molar-refractivity contribution in [3.8, 4) is 0 Å². The Labute approximate surface area is 186 Å². The number of nitrogens with one attached hydrogen (secondary N) is 1. The molecule has 4 aliphatic carbocycles. The van der Waals surface area contributed by atoms with Crippen LogP contribution < -0.4 is 5.32 Å². The second-order valence-corrected chi connectivity index (χ2v) is 10.8. The summed E-state index contributed by atoms with van der Waals surface area (Å²) in [4.78, 5) is 17.6. The topological polar surface area (TPSA) is 42.0 Å². The number of carbonyl (C=O) groups excluding carboxylic acids is 1. The Morgan fingerprint density at radius 1 is 1.23 bits per heavy atom. The average molecular weight is 418 g/mol. The summed E-state index contributed by atoms with van der Waals surface area (Å²) in [6, 6.07) is 2.18. The van der Waals surface area contributed by atoms with Gasteiger partial charge in [0.15, 0.2) is 0 Å². The van der Waals surface area contributed by atoms with Crippen molar-refractivity contribution in [2.24, 2.45) is 11.3 Å². The molecule has 3 nitrogen and oxygen atoms in total. The molecule has 1 N–H and O–H groups in total. The Morgan fingerprint density at radius 2 is 2.03 bits per heavy atom. The van der Waals surface area contributed by atoms with Crippen LogP contribution in [0.3, 0.4) is 0 Å². The van der Waals surface area contributed by atoms with Gasteiger partial charge in [0.25, 0.3) is 0 Å². The van der Waals surface area contributed by atoms with Crippen molar-refractivity contribution < 1.29 is 4.79 Å². The molecule has 156 valence electrons. The first-order valence-electron chi connectivity index (χ1n) is 11.5. The largest absolute Gasteiger partial charge is 0.326 e. The van der Waals surface area contributed by atoms with Gasteiger partial charge in [0.05, 0.1) is 0 Å². The van der Waals surface area contributed by atoms with Gasteiger partial charge in [-0.1, -0.05) is 12.2 Å². The van der Waals surface area contributed by atoms with Crippen molar-refractivity contribution >= 4 is 32.5 Å². The van der Waals surface area contributed by atoms with Crippen molar-refractivity contribution in [3.63, 3.8) is 0 Å². The van der Waals surface area contributed by atoms with Crippen LogP contribution in [0.1, 0.15) is 75.1 Å². The molecule has 1 spiro atoms. The summed E-state index contributed by atoms with van der Waals surface area (Å²) >= 11 is 5.23. The summed E-state index contributed by atoms with van der Waals surface area (Å²) < 4.78 is -0.110. The Morgan fingerprint density at radius 3 is 2.80 bits per heavy atom. The fraction of sp³-hybridized carbons (Fsp3) is 0.520. The number of thiol groups is 1. The monoisotopic (exact) mass is 418 g/mol. The molecule has 2 saturated carbocycles. The van der Waals surface area contributed by atoms with Crippen LogP contribution in [0, 0.1) is 11.3 Å². The minimum Gasteiger partial charge on any atom is -0.326 e. The summed E-state index contributed by atoms with van der Waals surface area (Å²) in [6.07, 6.45) is 18.1. The van der Waals surface area contributed by atoms with Crippen molar-refractivity contribution in [2.45, 2.75) is 69.5 Å². The lowest BCUT2D eigenvalue weighted by atomic mass is 9.72. The maximum atomic E-state index is 12.9. The molecule has 1 aromatic heterocycles. The SMILES string of the molecule is BC1=Cc2c(nccc2[C@]2(S)CC[C@]3(CC2)C[C@@H]3C(=O)NC2=C(C)CCC=C2)CC1. The molecule has 1 aromatic rings. The Kier molecular flexibility index (Phi) is 5.00. The molecule has 30 heavy (non-hydrogen) atoms. The molecule has 1 heterocycles. The van der Waals surface area contributed by atoms with Gasteiger partial charge in [-0.2, -0.15) is 12.6 Å². The molecular formula is C25H31BN2OS. The van der Waals surface area contributed by atoms with Gasteiger partial charge < -0.3 is 5.32 Å². The summed E-state index contributed by atoms with van der Waals surface area (Å²) in [5.74, 6) is 0.391. The third-order valence-corrected chi connectivity index (χ3v) is 8.68. The van der Waals surface area contributed by atoms with E-state index in [1.807, 2.05) is 6.20 Å². The molecule has 0 radical (unpaired) electrons. The molecule has 1 amide bonds. The molecule has 0 saturated heterocycles. The minimum absolute atomic E-state index is 0.110. The number of pyridine rings is 1. The van der Waals surface area contributed by atoms with Gasteiger partial charge in [-0.05, 0) is 99.0 Å². The predicted octanol–water partition coefficient (Wildman–Crippen LogP) is 4.45. The van der Waals surface area contributed by atoms with Crippen LogP contribution >= 0.6 is 12.6 Å². The van der Waals surface area contributed by atoms with Crippen LogP contribution in [0.4, 0.5) is 0 Å². The number of carbonyl (C=O) groups is 1. The van der Waals surface area contributed by atoms with Gasteiger partial charge in [0.1, 0.15) is 7.85 Å². The number of nitrogens with zero attached hydrogens (tertiary/aromatic N) is 1. The van der Waals surface area contributed by atoms with Crippen molar-refractivity contribution in [2.75, 3.05) is 0 Å². The van der Waals surface area contributed by atoms with E-state index in [1.165, 1.54) is 27.9 Å². The summed E-state index contributed by atoms with van der Waals surface area (Å²) in [6.45, 7) is 2.13. The second kappa shape index (κ2) is 7.44. The molecular weight excluding hydrogens is 387 g/mol. The van der Waals surface area contributed by atoms with E-state index in [2.05, 4.69) is 49.4 Å². The second-order valence-electron chi connectivity index (χ2n) is 9.98. The summed E-state index contributed by atoms with van der Waals surface area (Å²) in [5, 5.41) is 3.22. The van der Waals surface area contributed by atoms with E-state index in [1.54, 1.807) is 0 Å². The van der Waals surface area contributed by atoms with Crippen molar-refractivity contribution in [3.05, 3.63) is 58.0 Å². The maximum Gasteiger partial charge on any atom is 0.228 e. The zero-order chi connectivity index (χ0) is 20.9. The van der Waals surface area contributed by atoms with Crippen molar-refractivity contribution in [1.29, 1.82) is 0 Å². The Balaban J connectivity index is 1.29. The van der Waals surface area contributed by atoms with E-state index in [4.69, 9.17) is 12.6 Å². The maximum absolute atomic E-state index is 12.9. The molecule has 0 aliphatic heterocycles. The normalized spacial score (nSPS) is 32.6. The average Bonchev–Trinajstić information content (AvgIpc) is 3.46. The van der Waals surface area contributed by atoms with Crippen molar-refractivity contribution in [1.82, 2.24) is 10.3 Å². The Hall–Kier alpha value is -1.75. The quantitative estimate of drug-likeness (QED) is 0.563. The smallest absolute Gasteiger partial charge is 0.228 e. The predicted molar refractivity (Wildman–Crippen MR) is 128 cm³/mol. The highest BCUT2D eigenvalue weighted by atomic mass is 32.1. The van der Waals surface area contributed by atoms with Crippen LogP contribution in [-0.4, -0.2) is 18.7 Å². The van der Waals surface area contributed by atoms with Crippen LogP contribution in [0.5, 0.6) is 0 Å². The van der Waals surface area contributed by atoms with Gasteiger partial charge in [-0.3, -0.25) is 9.78 Å². The van der Waals surface area contributed by atoms with Gasteiger partial charge in [0.2, 0.25) is 5.91 Å².